The molecule has 0 saturated carbocycles. The maximum atomic E-state index is 11.1. The Morgan fingerprint density at radius 1 is 1.17 bits per heavy atom. The van der Waals surface area contributed by atoms with Crippen LogP contribution in [0.25, 0.3) is 0 Å². The van der Waals surface area contributed by atoms with Crippen molar-refractivity contribution in [2.75, 3.05) is 27.3 Å². The average Bonchev–Trinajstić information content (AvgIpc) is 2.39. The van der Waals surface area contributed by atoms with Crippen LogP contribution in [0.15, 0.2) is 0 Å². The second-order valence-corrected chi connectivity index (χ2v) is 5.00. The monoisotopic (exact) mass is 259 g/mol. The molecule has 2 aliphatic heterocycles. The van der Waals surface area contributed by atoms with Gasteiger partial charge in [0.2, 0.25) is 11.6 Å². The Hall–Kier alpha value is -0.530. The third-order valence-electron chi connectivity index (χ3n) is 4.03. The van der Waals surface area contributed by atoms with Crippen LogP contribution in [0.3, 0.4) is 0 Å². The molecule has 0 aromatic rings. The Kier molecular flexibility index (Phi) is 3.75. The molecule has 5 atom stereocenters. The smallest absolute Gasteiger partial charge is 0.220 e. The lowest BCUT2D eigenvalue weighted by Crippen LogP contribution is -2.70. The molecule has 5 unspecified atom stereocenters. The number of piperidine rings is 1. The summed E-state index contributed by atoms with van der Waals surface area (Å²) in [6, 6.07) is 0. The molecule has 0 aromatic heterocycles. The van der Waals surface area contributed by atoms with Crippen molar-refractivity contribution in [3.05, 3.63) is 0 Å². The van der Waals surface area contributed by atoms with Crippen LogP contribution in [0.5, 0.6) is 0 Å². The van der Waals surface area contributed by atoms with Gasteiger partial charge in [-0.05, 0) is 13.8 Å². The summed E-state index contributed by atoms with van der Waals surface area (Å²) in [6.45, 7) is 4.76. The predicted octanol–water partition coefficient (Wildman–Crippen LogP) is -0.0861. The Labute approximate surface area is 107 Å². The first kappa shape index (κ1) is 13.9. The molecule has 6 heteroatoms. The van der Waals surface area contributed by atoms with Gasteiger partial charge in [-0.25, -0.2) is 0 Å². The molecule has 1 N–H and O–H groups in total. The SMILES string of the molecule is COC1(C)OC2CNCC(C=O)C2OC1(C)OC. The lowest BCUT2D eigenvalue weighted by Gasteiger charge is -2.54. The Balaban J connectivity index is 2.26. The number of aldehydes is 1. The van der Waals surface area contributed by atoms with E-state index in [1.54, 1.807) is 21.0 Å². The van der Waals surface area contributed by atoms with E-state index < -0.39 is 11.6 Å². The fourth-order valence-corrected chi connectivity index (χ4v) is 2.53. The zero-order valence-electron chi connectivity index (χ0n) is 11.3. The minimum Gasteiger partial charge on any atom is -0.349 e. The first-order valence-corrected chi connectivity index (χ1v) is 6.11. The van der Waals surface area contributed by atoms with Crippen molar-refractivity contribution in [1.82, 2.24) is 5.32 Å². The molecular weight excluding hydrogens is 238 g/mol. The van der Waals surface area contributed by atoms with E-state index in [0.29, 0.717) is 13.1 Å². The van der Waals surface area contributed by atoms with Crippen LogP contribution >= 0.6 is 0 Å². The number of carbonyl (C=O) groups is 1. The molecular formula is C12H21NO5. The van der Waals surface area contributed by atoms with Crippen LogP contribution in [0, 0.1) is 5.92 Å². The van der Waals surface area contributed by atoms with Gasteiger partial charge in [0.25, 0.3) is 0 Å². The van der Waals surface area contributed by atoms with Gasteiger partial charge in [0.05, 0.1) is 12.0 Å². The molecule has 0 aromatic carbocycles. The van der Waals surface area contributed by atoms with Crippen molar-refractivity contribution in [3.63, 3.8) is 0 Å². The Morgan fingerprint density at radius 3 is 2.33 bits per heavy atom. The lowest BCUT2D eigenvalue weighted by atomic mass is 9.91. The second kappa shape index (κ2) is 4.86. The van der Waals surface area contributed by atoms with E-state index in [1.807, 2.05) is 0 Å². The van der Waals surface area contributed by atoms with Gasteiger partial charge in [0.1, 0.15) is 12.4 Å². The molecule has 2 saturated heterocycles. The average molecular weight is 259 g/mol. The topological polar surface area (TPSA) is 66.0 Å². The third kappa shape index (κ3) is 1.98. The maximum Gasteiger partial charge on any atom is 0.220 e. The van der Waals surface area contributed by atoms with Crippen LogP contribution in [0.4, 0.5) is 0 Å². The number of fused-ring (bicyclic) bond motifs is 1. The van der Waals surface area contributed by atoms with Gasteiger partial charge in [-0.15, -0.1) is 0 Å². The van der Waals surface area contributed by atoms with E-state index >= 15 is 0 Å². The Morgan fingerprint density at radius 2 is 1.78 bits per heavy atom. The largest absolute Gasteiger partial charge is 0.349 e. The molecule has 6 nitrogen and oxygen atoms in total. The zero-order valence-corrected chi connectivity index (χ0v) is 11.3. The van der Waals surface area contributed by atoms with Gasteiger partial charge in [-0.1, -0.05) is 0 Å². The normalized spacial score (nSPS) is 48.6. The summed E-state index contributed by atoms with van der Waals surface area (Å²) in [5.41, 5.74) is 0. The molecule has 0 aliphatic carbocycles. The van der Waals surface area contributed by atoms with Crippen LogP contribution in [0.2, 0.25) is 0 Å². The molecule has 0 amide bonds. The lowest BCUT2D eigenvalue weighted by molar-refractivity contribution is -0.452. The standard InChI is InChI=1S/C12H21NO5/c1-11(15-3)12(2,16-4)18-10-8(7-14)5-13-6-9(10)17-11/h7-10,13H,5-6H2,1-4H3. The van der Waals surface area contributed by atoms with Gasteiger partial charge in [-0.2, -0.15) is 0 Å². The van der Waals surface area contributed by atoms with Crippen molar-refractivity contribution in [3.8, 4) is 0 Å². The first-order chi connectivity index (χ1) is 8.49. The number of ether oxygens (including phenoxy) is 4. The van der Waals surface area contributed by atoms with Gasteiger partial charge in [-0.3, -0.25) is 0 Å². The highest BCUT2D eigenvalue weighted by molar-refractivity contribution is 5.55. The van der Waals surface area contributed by atoms with E-state index in [0.717, 1.165) is 6.29 Å². The molecule has 2 heterocycles. The number of hydrogen-bond acceptors (Lipinski definition) is 6. The van der Waals surface area contributed by atoms with Gasteiger partial charge >= 0.3 is 0 Å². The van der Waals surface area contributed by atoms with E-state index in [-0.39, 0.29) is 18.1 Å². The molecule has 104 valence electrons. The molecule has 2 fully saturated rings. The molecule has 0 bridgehead atoms. The minimum atomic E-state index is -1.04. The van der Waals surface area contributed by atoms with E-state index in [4.69, 9.17) is 18.9 Å². The highest BCUT2D eigenvalue weighted by Gasteiger charge is 2.58. The summed E-state index contributed by atoms with van der Waals surface area (Å²) in [5.74, 6) is -2.28. The molecule has 2 rings (SSSR count). The van der Waals surface area contributed by atoms with Crippen molar-refractivity contribution in [2.24, 2.45) is 5.92 Å². The summed E-state index contributed by atoms with van der Waals surface area (Å²) < 4.78 is 22.8. The molecule has 18 heavy (non-hydrogen) atoms. The molecule has 0 spiro atoms. The molecule has 0 radical (unpaired) electrons. The maximum absolute atomic E-state index is 11.1. The van der Waals surface area contributed by atoms with Crippen LogP contribution in [-0.4, -0.2) is 57.4 Å². The van der Waals surface area contributed by atoms with Gasteiger partial charge in [0, 0.05) is 27.3 Å². The number of nitrogens with one attached hydrogen (secondary N) is 1. The van der Waals surface area contributed by atoms with E-state index in [2.05, 4.69) is 5.32 Å². The highest BCUT2D eigenvalue weighted by Crippen LogP contribution is 2.41. The first-order valence-electron chi connectivity index (χ1n) is 6.11. The van der Waals surface area contributed by atoms with Crippen molar-refractivity contribution >= 4 is 6.29 Å². The molecule has 2 aliphatic rings. The van der Waals surface area contributed by atoms with Gasteiger partial charge in [0.15, 0.2) is 0 Å². The fraction of sp³-hybridized carbons (Fsp3) is 0.917. The number of rotatable bonds is 3. The fourth-order valence-electron chi connectivity index (χ4n) is 2.53. The summed E-state index contributed by atoms with van der Waals surface area (Å²) in [7, 11) is 3.09. The number of hydrogen-bond donors (Lipinski definition) is 1. The van der Waals surface area contributed by atoms with E-state index in [9.17, 15) is 4.79 Å². The summed E-state index contributed by atoms with van der Waals surface area (Å²) in [4.78, 5) is 11.1. The van der Waals surface area contributed by atoms with Crippen LogP contribution < -0.4 is 5.32 Å². The van der Waals surface area contributed by atoms with Crippen molar-refractivity contribution in [2.45, 2.75) is 37.6 Å². The highest BCUT2D eigenvalue weighted by atomic mass is 16.8. The van der Waals surface area contributed by atoms with Crippen molar-refractivity contribution in [1.29, 1.82) is 0 Å². The van der Waals surface area contributed by atoms with Crippen molar-refractivity contribution < 1.29 is 23.7 Å². The quantitative estimate of drug-likeness (QED) is 0.715. The predicted molar refractivity (Wildman–Crippen MR) is 63.0 cm³/mol. The Bertz CT molecular complexity index is 326. The second-order valence-electron chi connectivity index (χ2n) is 5.00. The summed E-state index contributed by atoms with van der Waals surface area (Å²) in [5, 5.41) is 3.16. The summed E-state index contributed by atoms with van der Waals surface area (Å²) >= 11 is 0. The van der Waals surface area contributed by atoms with E-state index in [1.165, 1.54) is 7.11 Å². The van der Waals surface area contributed by atoms with Gasteiger partial charge < -0.3 is 29.1 Å². The summed E-state index contributed by atoms with van der Waals surface area (Å²) in [6.07, 6.45) is 0.373. The van der Waals surface area contributed by atoms with Crippen LogP contribution in [-0.2, 0) is 23.7 Å². The number of carbonyl (C=O) groups excluding carboxylic acids is 1. The van der Waals surface area contributed by atoms with Crippen LogP contribution in [0.1, 0.15) is 13.8 Å². The zero-order chi connectivity index (χ0) is 13.4. The third-order valence-corrected chi connectivity index (χ3v) is 4.03. The minimum absolute atomic E-state index is 0.220. The number of methoxy groups -OCH3 is 2.